The number of rotatable bonds is 5. The molecule has 2 atom stereocenters. The molecule has 1 amide bonds. The Morgan fingerprint density at radius 3 is 2.73 bits per heavy atom. The third kappa shape index (κ3) is 4.19. The van der Waals surface area contributed by atoms with Gasteiger partial charge in [0.1, 0.15) is 5.75 Å². The van der Waals surface area contributed by atoms with Crippen LogP contribution < -0.4 is 4.74 Å². The third-order valence-electron chi connectivity index (χ3n) is 4.26. The number of hydrogen-bond acceptors (Lipinski definition) is 6. The number of methoxy groups -OCH3 is 1. The standard InChI is InChI=1S/C18H24N4O3S/c1-12-9-22(10-13(2)25-12)16(23)11-26-18-20-19-17(21(18)3)14-6-5-7-15(8-14)24-4/h5-8,12-13H,9-11H2,1-4H3/t12-,13-/m0/s1. The van der Waals surface area contributed by atoms with Crippen molar-refractivity contribution in [2.24, 2.45) is 7.05 Å². The fraction of sp³-hybridized carbons (Fsp3) is 0.500. The SMILES string of the molecule is COc1cccc(-c2nnc(SCC(=O)N3C[C@H](C)O[C@@H](C)C3)n2C)c1. The van der Waals surface area contributed by atoms with Crippen LogP contribution in [-0.2, 0) is 16.6 Å². The highest BCUT2D eigenvalue weighted by molar-refractivity contribution is 7.99. The Bertz CT molecular complexity index is 770. The van der Waals surface area contributed by atoms with Gasteiger partial charge in [-0.3, -0.25) is 4.79 Å². The molecule has 0 spiro atoms. The molecule has 8 heteroatoms. The quantitative estimate of drug-likeness (QED) is 0.746. The lowest BCUT2D eigenvalue weighted by Crippen LogP contribution is -2.48. The molecule has 0 bridgehead atoms. The molecule has 1 aromatic heterocycles. The van der Waals surface area contributed by atoms with E-state index < -0.39 is 0 Å². The highest BCUT2D eigenvalue weighted by atomic mass is 32.2. The average molecular weight is 376 g/mol. The molecule has 0 saturated carbocycles. The second-order valence-electron chi connectivity index (χ2n) is 6.44. The van der Waals surface area contributed by atoms with Crippen LogP contribution in [0.2, 0.25) is 0 Å². The number of carbonyl (C=O) groups excluding carboxylic acids is 1. The number of benzene rings is 1. The van der Waals surface area contributed by atoms with Crippen LogP contribution in [0.25, 0.3) is 11.4 Å². The zero-order valence-electron chi connectivity index (χ0n) is 15.5. The van der Waals surface area contributed by atoms with E-state index in [0.717, 1.165) is 17.1 Å². The van der Waals surface area contributed by atoms with Gasteiger partial charge in [0.15, 0.2) is 11.0 Å². The molecule has 7 nitrogen and oxygen atoms in total. The van der Waals surface area contributed by atoms with Crippen molar-refractivity contribution in [3.63, 3.8) is 0 Å². The van der Waals surface area contributed by atoms with Crippen molar-refractivity contribution in [3.8, 4) is 17.1 Å². The second kappa shape index (κ2) is 8.09. The number of nitrogens with zero attached hydrogens (tertiary/aromatic N) is 4. The lowest BCUT2D eigenvalue weighted by molar-refractivity contribution is -0.140. The lowest BCUT2D eigenvalue weighted by atomic mass is 10.2. The maximum atomic E-state index is 12.5. The summed E-state index contributed by atoms with van der Waals surface area (Å²) in [6.07, 6.45) is 0.143. The predicted octanol–water partition coefficient (Wildman–Crippen LogP) is 2.22. The molecule has 140 valence electrons. The fourth-order valence-electron chi connectivity index (χ4n) is 3.05. The van der Waals surface area contributed by atoms with Crippen LogP contribution in [0.3, 0.4) is 0 Å². The van der Waals surface area contributed by atoms with Crippen LogP contribution in [0.4, 0.5) is 0 Å². The summed E-state index contributed by atoms with van der Waals surface area (Å²) < 4.78 is 12.8. The monoisotopic (exact) mass is 376 g/mol. The molecule has 1 aliphatic heterocycles. The Balaban J connectivity index is 1.66. The van der Waals surface area contributed by atoms with Gasteiger partial charge in [0.05, 0.1) is 25.1 Å². The summed E-state index contributed by atoms with van der Waals surface area (Å²) in [6.45, 7) is 5.26. The van der Waals surface area contributed by atoms with Crippen LogP contribution in [-0.4, -0.2) is 63.7 Å². The fourth-order valence-corrected chi connectivity index (χ4v) is 3.87. The molecule has 0 N–H and O–H groups in total. The van der Waals surface area contributed by atoms with Gasteiger partial charge in [0.2, 0.25) is 5.91 Å². The van der Waals surface area contributed by atoms with E-state index in [0.29, 0.717) is 24.0 Å². The lowest BCUT2D eigenvalue weighted by Gasteiger charge is -2.35. The summed E-state index contributed by atoms with van der Waals surface area (Å²) in [5.41, 5.74) is 0.924. The van der Waals surface area contributed by atoms with Crippen LogP contribution in [0.5, 0.6) is 5.75 Å². The molecule has 2 heterocycles. The molecule has 2 aromatic rings. The minimum atomic E-state index is 0.0715. The summed E-state index contributed by atoms with van der Waals surface area (Å²) in [7, 11) is 3.54. The summed E-state index contributed by atoms with van der Waals surface area (Å²) in [5, 5.41) is 9.22. The summed E-state index contributed by atoms with van der Waals surface area (Å²) >= 11 is 1.40. The smallest absolute Gasteiger partial charge is 0.233 e. The van der Waals surface area contributed by atoms with Crippen LogP contribution in [0.15, 0.2) is 29.4 Å². The highest BCUT2D eigenvalue weighted by Crippen LogP contribution is 2.25. The van der Waals surface area contributed by atoms with Crippen LogP contribution in [0, 0.1) is 0 Å². The zero-order valence-corrected chi connectivity index (χ0v) is 16.3. The Kier molecular flexibility index (Phi) is 5.83. The van der Waals surface area contributed by atoms with E-state index in [1.165, 1.54) is 11.8 Å². The maximum absolute atomic E-state index is 12.5. The molecule has 0 unspecified atom stereocenters. The van der Waals surface area contributed by atoms with E-state index in [2.05, 4.69) is 10.2 Å². The third-order valence-corrected chi connectivity index (χ3v) is 5.26. The first-order chi connectivity index (χ1) is 12.5. The number of hydrogen-bond donors (Lipinski definition) is 0. The van der Waals surface area contributed by atoms with Gasteiger partial charge >= 0.3 is 0 Å². The second-order valence-corrected chi connectivity index (χ2v) is 7.38. The largest absolute Gasteiger partial charge is 0.497 e. The molecule has 3 rings (SSSR count). The minimum Gasteiger partial charge on any atom is -0.497 e. The van der Waals surface area contributed by atoms with E-state index >= 15 is 0 Å². The number of carbonyl (C=O) groups is 1. The first kappa shape index (κ1) is 18.7. The molecule has 1 saturated heterocycles. The molecule has 1 aromatic carbocycles. The Morgan fingerprint density at radius 1 is 1.31 bits per heavy atom. The number of ether oxygens (including phenoxy) is 2. The predicted molar refractivity (Wildman–Crippen MR) is 100 cm³/mol. The van der Waals surface area contributed by atoms with Crippen molar-refractivity contribution in [1.82, 2.24) is 19.7 Å². The van der Waals surface area contributed by atoms with Gasteiger partial charge in [-0.15, -0.1) is 10.2 Å². The van der Waals surface area contributed by atoms with Crippen molar-refractivity contribution >= 4 is 17.7 Å². The van der Waals surface area contributed by atoms with Crippen molar-refractivity contribution in [2.45, 2.75) is 31.2 Å². The van der Waals surface area contributed by atoms with Gasteiger partial charge in [0, 0.05) is 25.7 Å². The Morgan fingerprint density at radius 2 is 2.04 bits per heavy atom. The first-order valence-electron chi connectivity index (χ1n) is 8.57. The molecule has 1 fully saturated rings. The Hall–Kier alpha value is -2.06. The van der Waals surface area contributed by atoms with Gasteiger partial charge in [-0.1, -0.05) is 23.9 Å². The molecular formula is C18H24N4O3S. The number of thioether (sulfide) groups is 1. The molecule has 0 aliphatic carbocycles. The normalized spacial score (nSPS) is 20.2. The van der Waals surface area contributed by atoms with E-state index in [1.54, 1.807) is 7.11 Å². The number of amides is 1. The number of aromatic nitrogens is 3. The van der Waals surface area contributed by atoms with Gasteiger partial charge in [0.25, 0.3) is 0 Å². The summed E-state index contributed by atoms with van der Waals surface area (Å²) in [4.78, 5) is 14.4. The van der Waals surface area contributed by atoms with E-state index in [4.69, 9.17) is 9.47 Å². The first-order valence-corrected chi connectivity index (χ1v) is 9.56. The van der Waals surface area contributed by atoms with Gasteiger partial charge in [-0.2, -0.15) is 0 Å². The molecule has 1 aliphatic rings. The molecule has 26 heavy (non-hydrogen) atoms. The van der Waals surface area contributed by atoms with Crippen molar-refractivity contribution in [3.05, 3.63) is 24.3 Å². The number of morpholine rings is 1. The minimum absolute atomic E-state index is 0.0715. The van der Waals surface area contributed by atoms with E-state index in [1.807, 2.05) is 54.6 Å². The zero-order chi connectivity index (χ0) is 18.7. The average Bonchev–Trinajstić information content (AvgIpc) is 2.99. The van der Waals surface area contributed by atoms with E-state index in [-0.39, 0.29) is 18.1 Å². The van der Waals surface area contributed by atoms with Crippen molar-refractivity contribution < 1.29 is 14.3 Å². The van der Waals surface area contributed by atoms with E-state index in [9.17, 15) is 4.79 Å². The topological polar surface area (TPSA) is 69.5 Å². The summed E-state index contributed by atoms with van der Waals surface area (Å²) in [6, 6.07) is 7.68. The van der Waals surface area contributed by atoms with Crippen molar-refractivity contribution in [1.29, 1.82) is 0 Å². The van der Waals surface area contributed by atoms with Crippen LogP contribution >= 0.6 is 11.8 Å². The Labute approximate surface area is 157 Å². The van der Waals surface area contributed by atoms with Crippen molar-refractivity contribution in [2.75, 3.05) is 26.0 Å². The highest BCUT2D eigenvalue weighted by Gasteiger charge is 2.26. The van der Waals surface area contributed by atoms with Gasteiger partial charge in [-0.05, 0) is 26.0 Å². The van der Waals surface area contributed by atoms with Gasteiger partial charge in [-0.25, -0.2) is 0 Å². The maximum Gasteiger partial charge on any atom is 0.233 e. The summed E-state index contributed by atoms with van der Waals surface area (Å²) in [5.74, 6) is 1.95. The molecular weight excluding hydrogens is 352 g/mol. The van der Waals surface area contributed by atoms with Crippen LogP contribution in [0.1, 0.15) is 13.8 Å². The van der Waals surface area contributed by atoms with Gasteiger partial charge < -0.3 is 18.9 Å². The molecule has 0 radical (unpaired) electrons.